The molecule has 1 heterocycles. The van der Waals surface area contributed by atoms with Crippen LogP contribution in [0.25, 0.3) is 11.0 Å². The maximum atomic E-state index is 4.63. The molecule has 0 unspecified atom stereocenters. The highest BCUT2D eigenvalue weighted by Crippen LogP contribution is 2.24. The Balaban J connectivity index is 2.66. The van der Waals surface area contributed by atoms with Crippen LogP contribution in [0.5, 0.6) is 0 Å². The van der Waals surface area contributed by atoms with E-state index in [1.807, 2.05) is 0 Å². The second-order valence-corrected chi connectivity index (χ2v) is 5.29. The lowest BCUT2D eigenvalue weighted by atomic mass is 9.96. The van der Waals surface area contributed by atoms with Crippen molar-refractivity contribution < 1.29 is 0 Å². The van der Waals surface area contributed by atoms with Crippen LogP contribution in [0.15, 0.2) is 12.1 Å². The van der Waals surface area contributed by atoms with Crippen LogP contribution in [-0.4, -0.2) is 9.97 Å². The summed E-state index contributed by atoms with van der Waals surface area (Å²) in [6.07, 6.45) is 0. The number of nitrogens with one attached hydrogen (secondary N) is 1. The second-order valence-electron chi connectivity index (χ2n) is 5.29. The summed E-state index contributed by atoms with van der Waals surface area (Å²) in [5.41, 5.74) is 4.91. The van der Waals surface area contributed by atoms with Gasteiger partial charge in [0.05, 0.1) is 11.0 Å². The molecule has 80 valence electrons. The summed E-state index contributed by atoms with van der Waals surface area (Å²) in [7, 11) is 0. The fraction of sp³-hybridized carbons (Fsp3) is 0.462. The average molecular weight is 202 g/mol. The van der Waals surface area contributed by atoms with Crippen molar-refractivity contribution in [1.29, 1.82) is 0 Å². The summed E-state index contributed by atoms with van der Waals surface area (Å²) in [5, 5.41) is 0. The van der Waals surface area contributed by atoms with Gasteiger partial charge in [-0.15, -0.1) is 0 Å². The van der Waals surface area contributed by atoms with Gasteiger partial charge in [-0.3, -0.25) is 0 Å². The van der Waals surface area contributed by atoms with Crippen molar-refractivity contribution in [3.8, 4) is 0 Å². The van der Waals surface area contributed by atoms with Gasteiger partial charge in [0, 0.05) is 5.41 Å². The van der Waals surface area contributed by atoms with Crippen molar-refractivity contribution >= 4 is 11.0 Å². The summed E-state index contributed by atoms with van der Waals surface area (Å²) in [5.74, 6) is 1.06. The Bertz CT molecular complexity index is 462. The maximum absolute atomic E-state index is 4.63. The van der Waals surface area contributed by atoms with Crippen LogP contribution < -0.4 is 0 Å². The van der Waals surface area contributed by atoms with E-state index in [4.69, 9.17) is 0 Å². The first-order chi connectivity index (χ1) is 6.88. The molecule has 0 spiro atoms. The zero-order valence-electron chi connectivity index (χ0n) is 10.1. The topological polar surface area (TPSA) is 28.7 Å². The lowest BCUT2D eigenvalue weighted by Gasteiger charge is -2.13. The maximum Gasteiger partial charge on any atom is 0.112 e. The van der Waals surface area contributed by atoms with Gasteiger partial charge < -0.3 is 4.98 Å². The Hall–Kier alpha value is -1.31. The number of aromatic nitrogens is 2. The summed E-state index contributed by atoms with van der Waals surface area (Å²) in [6, 6.07) is 4.32. The van der Waals surface area contributed by atoms with E-state index in [0.29, 0.717) is 0 Å². The number of rotatable bonds is 0. The van der Waals surface area contributed by atoms with E-state index in [0.717, 1.165) is 16.9 Å². The van der Waals surface area contributed by atoms with Gasteiger partial charge in [-0.05, 0) is 37.1 Å². The third-order valence-electron chi connectivity index (χ3n) is 2.81. The molecule has 0 aliphatic carbocycles. The van der Waals surface area contributed by atoms with Crippen LogP contribution in [0.3, 0.4) is 0 Å². The van der Waals surface area contributed by atoms with Crippen LogP contribution >= 0.6 is 0 Å². The first-order valence-corrected chi connectivity index (χ1v) is 5.35. The molecule has 1 aromatic heterocycles. The molecule has 0 amide bonds. The monoisotopic (exact) mass is 202 g/mol. The SMILES string of the molecule is Cc1cc2nc(C(C)(C)C)[nH]c2cc1C. The Kier molecular flexibility index (Phi) is 2.10. The quantitative estimate of drug-likeness (QED) is 0.696. The standard InChI is InChI=1S/C13H18N2/c1-8-6-10-11(7-9(8)2)15-12(14-10)13(3,4)5/h6-7H,1-5H3,(H,14,15). The summed E-state index contributed by atoms with van der Waals surface area (Å²) >= 11 is 0. The van der Waals surface area contributed by atoms with Gasteiger partial charge in [0.15, 0.2) is 0 Å². The lowest BCUT2D eigenvalue weighted by molar-refractivity contribution is 0.554. The molecule has 0 saturated carbocycles. The molecule has 1 aromatic carbocycles. The zero-order valence-corrected chi connectivity index (χ0v) is 10.1. The minimum absolute atomic E-state index is 0.0842. The van der Waals surface area contributed by atoms with Crippen LogP contribution in [0.1, 0.15) is 37.7 Å². The van der Waals surface area contributed by atoms with Crippen LogP contribution in [0.4, 0.5) is 0 Å². The summed E-state index contributed by atoms with van der Waals surface area (Å²) < 4.78 is 0. The smallest absolute Gasteiger partial charge is 0.112 e. The van der Waals surface area contributed by atoms with E-state index in [2.05, 4.69) is 56.7 Å². The third-order valence-corrected chi connectivity index (χ3v) is 2.81. The van der Waals surface area contributed by atoms with Crippen molar-refractivity contribution in [2.75, 3.05) is 0 Å². The van der Waals surface area contributed by atoms with Gasteiger partial charge in [-0.25, -0.2) is 4.98 Å². The van der Waals surface area contributed by atoms with Crippen LogP contribution in [0.2, 0.25) is 0 Å². The number of hydrogen-bond donors (Lipinski definition) is 1. The van der Waals surface area contributed by atoms with Crippen molar-refractivity contribution in [1.82, 2.24) is 9.97 Å². The first-order valence-electron chi connectivity index (χ1n) is 5.35. The normalized spacial score (nSPS) is 12.3. The van der Waals surface area contributed by atoms with Crippen LogP contribution in [0, 0.1) is 13.8 Å². The van der Waals surface area contributed by atoms with E-state index >= 15 is 0 Å². The van der Waals surface area contributed by atoms with Gasteiger partial charge >= 0.3 is 0 Å². The number of benzene rings is 1. The molecule has 1 N–H and O–H groups in total. The molecule has 2 heteroatoms. The molecule has 0 atom stereocenters. The van der Waals surface area contributed by atoms with Gasteiger partial charge in [-0.1, -0.05) is 20.8 Å². The van der Waals surface area contributed by atoms with E-state index in [1.54, 1.807) is 0 Å². The molecule has 0 radical (unpaired) electrons. The Labute approximate surface area is 90.7 Å². The molecule has 2 rings (SSSR count). The summed E-state index contributed by atoms with van der Waals surface area (Å²) in [6.45, 7) is 10.8. The molecule has 0 saturated heterocycles. The second kappa shape index (κ2) is 3.09. The number of nitrogens with zero attached hydrogens (tertiary/aromatic N) is 1. The molecule has 2 aromatic rings. The van der Waals surface area contributed by atoms with E-state index < -0.39 is 0 Å². The number of aryl methyl sites for hydroxylation is 2. The van der Waals surface area contributed by atoms with Crippen molar-refractivity contribution in [3.63, 3.8) is 0 Å². The van der Waals surface area contributed by atoms with Crippen LogP contribution in [-0.2, 0) is 5.41 Å². The van der Waals surface area contributed by atoms with Gasteiger partial charge in [0.1, 0.15) is 5.82 Å². The van der Waals surface area contributed by atoms with E-state index in [9.17, 15) is 0 Å². The van der Waals surface area contributed by atoms with Gasteiger partial charge in [-0.2, -0.15) is 0 Å². The lowest BCUT2D eigenvalue weighted by Crippen LogP contribution is -2.12. The average Bonchev–Trinajstić information content (AvgIpc) is 2.47. The Morgan fingerprint density at radius 2 is 1.67 bits per heavy atom. The van der Waals surface area contributed by atoms with Crippen molar-refractivity contribution in [3.05, 3.63) is 29.1 Å². The molecule has 2 nitrogen and oxygen atoms in total. The third kappa shape index (κ3) is 1.76. The van der Waals surface area contributed by atoms with E-state index in [1.165, 1.54) is 11.1 Å². The minimum Gasteiger partial charge on any atom is -0.342 e. The van der Waals surface area contributed by atoms with Crippen molar-refractivity contribution in [2.24, 2.45) is 0 Å². The molecule has 0 bridgehead atoms. The number of H-pyrrole nitrogens is 1. The Morgan fingerprint density at radius 3 is 2.27 bits per heavy atom. The van der Waals surface area contributed by atoms with Gasteiger partial charge in [0.2, 0.25) is 0 Å². The predicted octanol–water partition coefficient (Wildman–Crippen LogP) is 3.48. The number of aromatic amines is 1. The number of imidazole rings is 1. The number of hydrogen-bond acceptors (Lipinski definition) is 1. The molecule has 0 fully saturated rings. The van der Waals surface area contributed by atoms with E-state index in [-0.39, 0.29) is 5.41 Å². The molecular weight excluding hydrogens is 184 g/mol. The largest absolute Gasteiger partial charge is 0.342 e. The Morgan fingerprint density at radius 1 is 1.07 bits per heavy atom. The molecule has 0 aliphatic heterocycles. The number of fused-ring (bicyclic) bond motifs is 1. The first kappa shape index (κ1) is 10.2. The highest BCUT2D eigenvalue weighted by Gasteiger charge is 2.18. The highest BCUT2D eigenvalue weighted by atomic mass is 14.9. The predicted molar refractivity (Wildman–Crippen MR) is 64.3 cm³/mol. The summed E-state index contributed by atoms with van der Waals surface area (Å²) in [4.78, 5) is 8.02. The molecule has 15 heavy (non-hydrogen) atoms. The fourth-order valence-electron chi connectivity index (χ4n) is 1.62. The highest BCUT2D eigenvalue weighted by molar-refractivity contribution is 5.77. The zero-order chi connectivity index (χ0) is 11.2. The molecular formula is C13H18N2. The minimum atomic E-state index is 0.0842. The van der Waals surface area contributed by atoms with Gasteiger partial charge in [0.25, 0.3) is 0 Å². The van der Waals surface area contributed by atoms with Crippen molar-refractivity contribution in [2.45, 2.75) is 40.0 Å². The molecule has 0 aliphatic rings. The fourth-order valence-corrected chi connectivity index (χ4v) is 1.62.